The number of hydrogen-bond acceptors (Lipinski definition) is 1. The van der Waals surface area contributed by atoms with E-state index in [1.807, 2.05) is 10.4 Å². The fourth-order valence-electron chi connectivity index (χ4n) is 4.41. The fraction of sp³-hybridized carbons (Fsp3) is 0.706. The fourth-order valence-corrected chi connectivity index (χ4v) is 11.6. The highest BCUT2D eigenvalue weighted by Crippen LogP contribution is 2.51. The van der Waals surface area contributed by atoms with Crippen molar-refractivity contribution in [2.75, 3.05) is 0 Å². The molecule has 3 heteroatoms. The summed E-state index contributed by atoms with van der Waals surface area (Å²) >= 11 is 0. The molecule has 0 saturated carbocycles. The van der Waals surface area contributed by atoms with Gasteiger partial charge in [0.15, 0.2) is 0 Å². The van der Waals surface area contributed by atoms with Crippen LogP contribution in [0.4, 0.5) is 0 Å². The molecular formula is C17H29NSi2. The van der Waals surface area contributed by atoms with Crippen LogP contribution in [0.15, 0.2) is 22.5 Å². The van der Waals surface area contributed by atoms with Crippen LogP contribution in [0.3, 0.4) is 0 Å². The van der Waals surface area contributed by atoms with Gasteiger partial charge in [-0.05, 0) is 30.6 Å². The van der Waals surface area contributed by atoms with Crippen molar-refractivity contribution >= 4 is 16.1 Å². The van der Waals surface area contributed by atoms with Crippen molar-refractivity contribution in [3.8, 4) is 6.07 Å². The monoisotopic (exact) mass is 303 g/mol. The molecule has 0 fully saturated rings. The standard InChI is InChI=1S/C17H29NSi2/c1-19(2,3)16-14-9-7-8-13(10-11-18)15(12-14)17(16)20(4,5)6/h7-8,13-15H,9-10,12H2,1-6H3/t13-,14+,15+/m1/s1. The van der Waals surface area contributed by atoms with E-state index in [0.29, 0.717) is 18.3 Å². The lowest BCUT2D eigenvalue weighted by Gasteiger charge is -2.34. The maximum absolute atomic E-state index is 9.17. The van der Waals surface area contributed by atoms with Gasteiger partial charge in [-0.1, -0.05) is 61.8 Å². The van der Waals surface area contributed by atoms with Crippen molar-refractivity contribution in [3.05, 3.63) is 22.5 Å². The Kier molecular flexibility index (Phi) is 4.19. The van der Waals surface area contributed by atoms with Crippen LogP contribution in [0.2, 0.25) is 39.3 Å². The quantitative estimate of drug-likeness (QED) is 0.521. The number of allylic oxidation sites excluding steroid dienone is 4. The van der Waals surface area contributed by atoms with Gasteiger partial charge in [-0.15, -0.1) is 0 Å². The zero-order valence-electron chi connectivity index (χ0n) is 14.0. The Morgan fingerprint density at radius 1 is 1.10 bits per heavy atom. The Labute approximate surface area is 126 Å². The second-order valence-corrected chi connectivity index (χ2v) is 18.6. The number of rotatable bonds is 3. The van der Waals surface area contributed by atoms with Crippen molar-refractivity contribution in [1.82, 2.24) is 0 Å². The lowest BCUT2D eigenvalue weighted by Crippen LogP contribution is -2.36. The van der Waals surface area contributed by atoms with Crippen LogP contribution in [0.5, 0.6) is 0 Å². The zero-order chi connectivity index (χ0) is 15.1. The summed E-state index contributed by atoms with van der Waals surface area (Å²) in [7, 11) is -2.57. The summed E-state index contributed by atoms with van der Waals surface area (Å²) in [4.78, 5) is 0. The average molecular weight is 304 g/mol. The summed E-state index contributed by atoms with van der Waals surface area (Å²) in [5.41, 5.74) is 0. The maximum atomic E-state index is 9.17. The first-order valence-corrected chi connectivity index (χ1v) is 14.9. The summed E-state index contributed by atoms with van der Waals surface area (Å²) < 4.78 is 0. The molecule has 3 atom stereocenters. The highest BCUT2D eigenvalue weighted by molar-refractivity contribution is 6.89. The second-order valence-electron chi connectivity index (χ2n) is 8.56. The van der Waals surface area contributed by atoms with Gasteiger partial charge in [0.25, 0.3) is 0 Å². The smallest absolute Gasteiger partial charge is 0.0722 e. The van der Waals surface area contributed by atoms with Gasteiger partial charge >= 0.3 is 0 Å². The first-order valence-electron chi connectivity index (χ1n) is 7.95. The molecule has 0 N–H and O–H groups in total. The summed E-state index contributed by atoms with van der Waals surface area (Å²) in [6.07, 6.45) is 7.95. The molecular weight excluding hydrogens is 274 g/mol. The normalized spacial score (nSPS) is 30.4. The highest BCUT2D eigenvalue weighted by Gasteiger charge is 2.46. The summed E-state index contributed by atoms with van der Waals surface area (Å²) in [6, 6.07) is 2.43. The molecule has 0 unspecified atom stereocenters. The van der Waals surface area contributed by atoms with Crippen molar-refractivity contribution in [1.29, 1.82) is 5.26 Å². The molecule has 0 aromatic rings. The number of nitrogens with zero attached hydrogens (tertiary/aromatic N) is 1. The Hall–Kier alpha value is -0.596. The molecule has 0 amide bonds. The molecule has 0 radical (unpaired) electrons. The van der Waals surface area contributed by atoms with E-state index >= 15 is 0 Å². The van der Waals surface area contributed by atoms with Crippen molar-refractivity contribution in [2.45, 2.75) is 58.5 Å². The molecule has 2 rings (SSSR count). The summed E-state index contributed by atoms with van der Waals surface area (Å²) in [5.74, 6) is 1.93. The van der Waals surface area contributed by atoms with E-state index in [1.54, 1.807) is 0 Å². The topological polar surface area (TPSA) is 23.8 Å². The van der Waals surface area contributed by atoms with E-state index in [1.165, 1.54) is 12.8 Å². The van der Waals surface area contributed by atoms with Crippen molar-refractivity contribution in [3.63, 3.8) is 0 Å². The molecule has 20 heavy (non-hydrogen) atoms. The third-order valence-electron chi connectivity index (χ3n) is 4.87. The number of hydrogen-bond donors (Lipinski definition) is 0. The largest absolute Gasteiger partial charge is 0.198 e. The molecule has 0 aromatic heterocycles. The predicted octanol–water partition coefficient (Wildman–Crippen LogP) is 5.16. The highest BCUT2D eigenvalue weighted by atomic mass is 28.3. The second kappa shape index (κ2) is 5.31. The Morgan fingerprint density at radius 3 is 2.20 bits per heavy atom. The molecule has 2 aliphatic carbocycles. The molecule has 1 nitrogen and oxygen atoms in total. The van der Waals surface area contributed by atoms with Crippen molar-refractivity contribution < 1.29 is 0 Å². The molecule has 0 saturated heterocycles. The van der Waals surface area contributed by atoms with Crippen LogP contribution in [-0.2, 0) is 0 Å². The third kappa shape index (κ3) is 2.87. The van der Waals surface area contributed by atoms with E-state index in [4.69, 9.17) is 0 Å². The minimum Gasteiger partial charge on any atom is -0.198 e. The lowest BCUT2D eigenvalue weighted by molar-refractivity contribution is 0.435. The summed E-state index contributed by atoms with van der Waals surface area (Å²) in [5, 5.41) is 12.9. The van der Waals surface area contributed by atoms with Crippen molar-refractivity contribution in [2.24, 2.45) is 17.8 Å². The first-order chi connectivity index (χ1) is 9.16. The molecule has 0 spiro atoms. The minimum absolute atomic E-state index is 0.473. The van der Waals surface area contributed by atoms with Crippen LogP contribution in [-0.4, -0.2) is 16.1 Å². The zero-order valence-corrected chi connectivity index (χ0v) is 16.0. The Morgan fingerprint density at radius 2 is 1.70 bits per heavy atom. The van der Waals surface area contributed by atoms with Gasteiger partial charge in [0, 0.05) is 6.42 Å². The average Bonchev–Trinajstić information content (AvgIpc) is 2.54. The van der Waals surface area contributed by atoms with Crippen LogP contribution in [0, 0.1) is 29.1 Å². The summed E-state index contributed by atoms with van der Waals surface area (Å²) in [6.45, 7) is 15.1. The van der Waals surface area contributed by atoms with E-state index in [-0.39, 0.29) is 0 Å². The van der Waals surface area contributed by atoms with Crippen LogP contribution in [0.1, 0.15) is 19.3 Å². The molecule has 0 aliphatic heterocycles. The van der Waals surface area contributed by atoms with Gasteiger partial charge in [0.1, 0.15) is 0 Å². The van der Waals surface area contributed by atoms with Gasteiger partial charge in [0.05, 0.1) is 22.2 Å². The minimum atomic E-state index is -1.31. The predicted molar refractivity (Wildman–Crippen MR) is 92.8 cm³/mol. The number of fused-ring (bicyclic) bond motifs is 2. The number of nitriles is 1. The van der Waals surface area contributed by atoms with Gasteiger partial charge in [-0.3, -0.25) is 0 Å². The van der Waals surface area contributed by atoms with Gasteiger partial charge < -0.3 is 0 Å². The molecule has 0 heterocycles. The van der Waals surface area contributed by atoms with Gasteiger partial charge in [-0.2, -0.15) is 5.26 Å². The van der Waals surface area contributed by atoms with Crippen LogP contribution in [0.25, 0.3) is 0 Å². The van der Waals surface area contributed by atoms with Crippen LogP contribution >= 0.6 is 0 Å². The first kappa shape index (κ1) is 15.8. The molecule has 2 aliphatic rings. The third-order valence-corrected chi connectivity index (χ3v) is 9.67. The van der Waals surface area contributed by atoms with Gasteiger partial charge in [0.2, 0.25) is 0 Å². The Bertz CT molecular complexity index is 483. The van der Waals surface area contributed by atoms with E-state index in [2.05, 4.69) is 57.5 Å². The lowest BCUT2D eigenvalue weighted by atomic mass is 9.89. The van der Waals surface area contributed by atoms with Gasteiger partial charge in [-0.25, -0.2) is 0 Å². The van der Waals surface area contributed by atoms with E-state index in [9.17, 15) is 5.26 Å². The van der Waals surface area contributed by atoms with E-state index in [0.717, 1.165) is 5.92 Å². The van der Waals surface area contributed by atoms with Crippen LogP contribution < -0.4 is 0 Å². The molecule has 2 bridgehead atoms. The molecule has 110 valence electrons. The maximum Gasteiger partial charge on any atom is 0.0722 e. The van der Waals surface area contributed by atoms with E-state index < -0.39 is 16.1 Å². The Balaban J connectivity index is 2.55. The SMILES string of the molecule is C[Si](C)(C)C1=C([Si](C)(C)C)[C@H]2C[C@@H]1CC=C[C@@H]2CC#N. The molecule has 0 aromatic carbocycles.